The van der Waals surface area contributed by atoms with Crippen LogP contribution in [0.15, 0.2) is 24.3 Å². The maximum Gasteiger partial charge on any atom is 0.305 e. The standard InChI is InChI=1S/C52H56Cl4N4O10/c1-25(2)17-29(23-69-39(63)13-9-7-11-15-57-27(5)61)59-49(65)31-19-35(53)43-45-37(55)21-33-42-34(22-38(56)46(48(42)45)44-36(54)20-32(50(59)66)41(31)47(43)44)52(68)60(51(33)67)30(18-26(3)4)24-70-40(64)14-10-8-12-16-58-28(6)62/h19-22,25-26,29-30H,7-18,23-24H2,1-6H3,(H,57,61)(H,58,62). The zero-order valence-corrected chi connectivity index (χ0v) is 43.0. The molecule has 2 unspecified atom stereocenters. The second kappa shape index (κ2) is 22.0. The van der Waals surface area contributed by atoms with Crippen LogP contribution in [0.2, 0.25) is 20.1 Å². The van der Waals surface area contributed by atoms with E-state index in [1.807, 2.05) is 27.7 Å². The fourth-order valence-electron chi connectivity index (χ4n) is 9.94. The van der Waals surface area contributed by atoms with Gasteiger partial charge < -0.3 is 20.1 Å². The molecule has 2 N–H and O–H groups in total. The Balaban J connectivity index is 1.25. The van der Waals surface area contributed by atoms with Crippen LogP contribution >= 0.6 is 46.4 Å². The molecule has 5 aromatic rings. The van der Waals surface area contributed by atoms with Crippen LogP contribution < -0.4 is 10.6 Å². The van der Waals surface area contributed by atoms with E-state index in [1.165, 1.54) is 38.1 Å². The molecule has 372 valence electrons. The highest BCUT2D eigenvalue weighted by Crippen LogP contribution is 2.54. The molecule has 14 nitrogen and oxygen atoms in total. The van der Waals surface area contributed by atoms with Gasteiger partial charge in [0.25, 0.3) is 23.6 Å². The highest BCUT2D eigenvalue weighted by Gasteiger charge is 2.43. The summed E-state index contributed by atoms with van der Waals surface area (Å²) in [7, 11) is 0. The summed E-state index contributed by atoms with van der Waals surface area (Å²) in [5.74, 6) is -3.82. The van der Waals surface area contributed by atoms with Gasteiger partial charge in [-0.3, -0.25) is 48.2 Å². The van der Waals surface area contributed by atoms with Crippen molar-refractivity contribution in [3.63, 3.8) is 0 Å². The molecule has 2 atom stereocenters. The topological polar surface area (TPSA) is 186 Å². The van der Waals surface area contributed by atoms with Crippen molar-refractivity contribution in [1.82, 2.24) is 20.4 Å². The molecule has 5 aromatic carbocycles. The van der Waals surface area contributed by atoms with Gasteiger partial charge in [-0.1, -0.05) is 86.9 Å². The molecule has 7 rings (SSSR count). The van der Waals surface area contributed by atoms with Crippen molar-refractivity contribution in [3.8, 4) is 0 Å². The summed E-state index contributed by atoms with van der Waals surface area (Å²) in [5, 5.41) is 8.32. The Bertz CT molecular complexity index is 2640. The summed E-state index contributed by atoms with van der Waals surface area (Å²) in [6, 6.07) is 4.22. The fraction of sp³-hybridized carbons (Fsp3) is 0.462. The number of amides is 6. The second-order valence-corrected chi connectivity index (χ2v) is 20.7. The van der Waals surface area contributed by atoms with Crippen molar-refractivity contribution in [2.24, 2.45) is 11.8 Å². The summed E-state index contributed by atoms with van der Waals surface area (Å²) in [4.78, 5) is 109. The van der Waals surface area contributed by atoms with E-state index in [-0.39, 0.29) is 103 Å². The summed E-state index contributed by atoms with van der Waals surface area (Å²) in [6.45, 7) is 11.2. The minimum absolute atomic E-state index is 0.0105. The monoisotopic (exact) mass is 1040 g/mol. The normalized spacial score (nSPS) is 14.5. The van der Waals surface area contributed by atoms with E-state index >= 15 is 0 Å². The number of hydrogen-bond acceptors (Lipinski definition) is 10. The lowest BCUT2D eigenvalue weighted by atomic mass is 9.81. The number of fused-ring (bicyclic) bond motifs is 2. The first-order valence-corrected chi connectivity index (χ1v) is 25.3. The molecule has 0 radical (unpaired) electrons. The minimum atomic E-state index is -0.836. The molecular weight excluding hydrogens is 982 g/mol. The molecule has 2 aliphatic rings. The molecular formula is C52H56Cl4N4O10. The highest BCUT2D eigenvalue weighted by molar-refractivity contribution is 6.56. The summed E-state index contributed by atoms with van der Waals surface area (Å²) in [6.07, 6.45) is 4.75. The molecule has 0 spiro atoms. The molecule has 2 aliphatic heterocycles. The minimum Gasteiger partial charge on any atom is -0.463 e. The van der Waals surface area contributed by atoms with Crippen molar-refractivity contribution < 1.29 is 47.8 Å². The molecule has 0 aromatic heterocycles. The smallest absolute Gasteiger partial charge is 0.305 e. The Morgan fingerprint density at radius 1 is 0.471 bits per heavy atom. The Labute approximate surface area is 425 Å². The van der Waals surface area contributed by atoms with E-state index in [1.54, 1.807) is 0 Å². The average Bonchev–Trinajstić information content (AvgIpc) is 3.28. The van der Waals surface area contributed by atoms with E-state index < -0.39 is 47.7 Å². The van der Waals surface area contributed by atoms with Gasteiger partial charge >= 0.3 is 11.9 Å². The Morgan fingerprint density at radius 3 is 1.04 bits per heavy atom. The number of carbonyl (C=O) groups is 8. The van der Waals surface area contributed by atoms with Crippen LogP contribution in [0.4, 0.5) is 0 Å². The Kier molecular flexibility index (Phi) is 16.5. The third-order valence-corrected chi connectivity index (χ3v) is 14.1. The molecule has 2 heterocycles. The van der Waals surface area contributed by atoms with Gasteiger partial charge in [0.1, 0.15) is 13.2 Å². The number of esters is 2. The number of rotatable bonds is 22. The van der Waals surface area contributed by atoms with Gasteiger partial charge in [0.15, 0.2) is 0 Å². The van der Waals surface area contributed by atoms with Crippen molar-refractivity contribution in [3.05, 3.63) is 66.6 Å². The van der Waals surface area contributed by atoms with Gasteiger partial charge in [0.2, 0.25) is 11.8 Å². The van der Waals surface area contributed by atoms with Crippen LogP contribution in [-0.4, -0.2) is 95.6 Å². The molecule has 0 aliphatic carbocycles. The van der Waals surface area contributed by atoms with Crippen molar-refractivity contribution in [2.75, 3.05) is 26.3 Å². The van der Waals surface area contributed by atoms with E-state index in [4.69, 9.17) is 55.9 Å². The number of nitrogens with one attached hydrogen (secondary N) is 2. The maximum atomic E-state index is 14.8. The quantitative estimate of drug-likeness (QED) is 0.0222. The lowest BCUT2D eigenvalue weighted by molar-refractivity contribution is -0.146. The SMILES string of the molecule is CC(=O)NCCCCCC(=O)OCC(CC(C)C)N1C(=O)c2cc(Cl)c3c4c(Cl)cc5c6c(cc(Cl)c(c7c(Cl)cc(c2c37)C1=O)c64)C(=O)N(C(COC(=O)CCCCCNC(C)=O)CC(C)C)C5=O. The average molecular weight is 1040 g/mol. The molecule has 6 amide bonds. The number of imide groups is 2. The van der Waals surface area contributed by atoms with Crippen LogP contribution in [0, 0.1) is 11.8 Å². The summed E-state index contributed by atoms with van der Waals surface area (Å²) >= 11 is 29.0. The van der Waals surface area contributed by atoms with Crippen LogP contribution in [0.3, 0.4) is 0 Å². The first-order chi connectivity index (χ1) is 33.2. The number of hydrogen-bond donors (Lipinski definition) is 2. The van der Waals surface area contributed by atoms with Gasteiger partial charge in [0.05, 0.1) is 34.3 Å². The molecule has 0 fully saturated rings. The summed E-state index contributed by atoms with van der Waals surface area (Å²) in [5.41, 5.74) is 0.432. The van der Waals surface area contributed by atoms with E-state index in [0.717, 1.165) is 9.80 Å². The van der Waals surface area contributed by atoms with Crippen LogP contribution in [-0.2, 0) is 28.7 Å². The van der Waals surface area contributed by atoms with Crippen molar-refractivity contribution >= 4 is 137 Å². The van der Waals surface area contributed by atoms with Crippen LogP contribution in [0.25, 0.3) is 43.1 Å². The van der Waals surface area contributed by atoms with Gasteiger partial charge in [-0.15, -0.1) is 0 Å². The van der Waals surface area contributed by atoms with E-state index in [9.17, 15) is 38.4 Å². The third-order valence-electron chi connectivity index (χ3n) is 12.9. The van der Waals surface area contributed by atoms with Crippen LogP contribution in [0.5, 0.6) is 0 Å². The highest BCUT2D eigenvalue weighted by atomic mass is 35.5. The van der Waals surface area contributed by atoms with Crippen molar-refractivity contribution in [1.29, 1.82) is 0 Å². The maximum absolute atomic E-state index is 14.8. The first-order valence-electron chi connectivity index (χ1n) is 23.8. The molecule has 0 bridgehead atoms. The zero-order valence-electron chi connectivity index (χ0n) is 40.0. The van der Waals surface area contributed by atoms with E-state index in [0.29, 0.717) is 96.8 Å². The predicted octanol–water partition coefficient (Wildman–Crippen LogP) is 10.9. The van der Waals surface area contributed by atoms with Gasteiger partial charge in [0, 0.05) is 103 Å². The first kappa shape index (κ1) is 52.5. The Hall–Kier alpha value is -5.28. The predicted molar refractivity (Wildman–Crippen MR) is 271 cm³/mol. The Morgan fingerprint density at radius 2 is 0.771 bits per heavy atom. The fourth-order valence-corrected chi connectivity index (χ4v) is 11.1. The summed E-state index contributed by atoms with van der Waals surface area (Å²) < 4.78 is 11.4. The van der Waals surface area contributed by atoms with Gasteiger partial charge in [-0.2, -0.15) is 0 Å². The van der Waals surface area contributed by atoms with Crippen molar-refractivity contribution in [2.45, 2.75) is 118 Å². The number of carbonyl (C=O) groups excluding carboxylic acids is 8. The third kappa shape index (κ3) is 10.5. The molecule has 18 heteroatoms. The van der Waals surface area contributed by atoms with E-state index in [2.05, 4.69) is 10.6 Å². The van der Waals surface area contributed by atoms with Crippen LogP contribution in [0.1, 0.15) is 147 Å². The lowest BCUT2D eigenvalue weighted by Crippen LogP contribution is -2.50. The number of ether oxygens (including phenoxy) is 2. The van der Waals surface area contributed by atoms with Gasteiger partial charge in [-0.05, 0) is 74.6 Å². The number of benzene rings is 5. The molecule has 0 saturated heterocycles. The largest absolute Gasteiger partial charge is 0.463 e. The molecule has 70 heavy (non-hydrogen) atoms. The molecule has 0 saturated carbocycles. The lowest BCUT2D eigenvalue weighted by Gasteiger charge is -2.36. The number of nitrogens with zero attached hydrogens (tertiary/aromatic N) is 2. The van der Waals surface area contributed by atoms with Gasteiger partial charge in [-0.25, -0.2) is 0 Å². The number of halogens is 4. The zero-order chi connectivity index (χ0) is 50.9. The second-order valence-electron chi connectivity index (χ2n) is 19.1. The number of unbranched alkanes of at least 4 members (excludes halogenated alkanes) is 4.